The van der Waals surface area contributed by atoms with E-state index >= 15 is 0 Å². The molecule has 1 aliphatic rings. The molecule has 3 heterocycles. The SMILES string of the molecule is COCC(COC)n1c(NS(=O)(=O)C(C)C(C)c2ncc(OC)cn2)nnc1[C@H]1CC[C@@H](C)O1. The van der Waals surface area contributed by atoms with Gasteiger partial charge in [-0.15, -0.1) is 10.2 Å². The van der Waals surface area contributed by atoms with Crippen LogP contribution in [0.5, 0.6) is 5.75 Å². The second-order valence-corrected chi connectivity index (χ2v) is 10.5. The van der Waals surface area contributed by atoms with Gasteiger partial charge in [0.2, 0.25) is 16.0 Å². The molecule has 1 N–H and O–H groups in total. The van der Waals surface area contributed by atoms with Gasteiger partial charge in [-0.05, 0) is 26.7 Å². The average molecular weight is 499 g/mol. The first kappa shape index (κ1) is 26.3. The highest BCUT2D eigenvalue weighted by Gasteiger charge is 2.35. The summed E-state index contributed by atoms with van der Waals surface area (Å²) in [6.07, 6.45) is 4.47. The number of anilines is 1. The number of methoxy groups -OCH3 is 3. The van der Waals surface area contributed by atoms with Crippen LogP contribution in [0.3, 0.4) is 0 Å². The third kappa shape index (κ3) is 5.82. The number of aromatic nitrogens is 5. The van der Waals surface area contributed by atoms with Crippen molar-refractivity contribution in [2.24, 2.45) is 0 Å². The molecule has 1 aliphatic heterocycles. The summed E-state index contributed by atoms with van der Waals surface area (Å²) in [5.74, 6) is 1.03. The summed E-state index contributed by atoms with van der Waals surface area (Å²) >= 11 is 0. The Morgan fingerprint density at radius 2 is 1.76 bits per heavy atom. The van der Waals surface area contributed by atoms with Crippen molar-refractivity contribution in [1.82, 2.24) is 24.7 Å². The van der Waals surface area contributed by atoms with E-state index in [2.05, 4.69) is 24.9 Å². The zero-order valence-corrected chi connectivity index (χ0v) is 21.3. The molecule has 0 bridgehead atoms. The normalized spacial score (nSPS) is 20.4. The standard InChI is InChI=1S/C21H34N6O6S/c1-13-7-8-18(33-13)20-24-25-21(27(20)16(11-30-4)12-31-5)26-34(28,29)15(3)14(2)19-22-9-17(32-6)10-23-19/h9-10,13-16,18H,7-8,11-12H2,1-6H3,(H,25,26)/t13-,14?,15?,18-/m1/s1. The lowest BCUT2D eigenvalue weighted by Crippen LogP contribution is -2.33. The van der Waals surface area contributed by atoms with Crippen LogP contribution in [-0.4, -0.2) is 79.0 Å². The van der Waals surface area contributed by atoms with E-state index in [-0.39, 0.29) is 37.4 Å². The van der Waals surface area contributed by atoms with Gasteiger partial charge in [-0.25, -0.2) is 18.4 Å². The lowest BCUT2D eigenvalue weighted by atomic mass is 10.1. The Bertz CT molecular complexity index is 1020. The Labute approximate surface area is 200 Å². The third-order valence-corrected chi connectivity index (χ3v) is 7.90. The number of nitrogens with zero attached hydrogens (tertiary/aromatic N) is 5. The molecule has 0 aliphatic carbocycles. The van der Waals surface area contributed by atoms with Crippen molar-refractivity contribution < 1.29 is 27.4 Å². The van der Waals surface area contributed by atoms with Gasteiger partial charge in [0.05, 0.1) is 50.1 Å². The summed E-state index contributed by atoms with van der Waals surface area (Å²) in [5.41, 5.74) is 0. The van der Waals surface area contributed by atoms with Crippen molar-refractivity contribution in [3.63, 3.8) is 0 Å². The van der Waals surface area contributed by atoms with Gasteiger partial charge < -0.3 is 18.9 Å². The van der Waals surface area contributed by atoms with Gasteiger partial charge in [0.15, 0.2) is 11.6 Å². The lowest BCUT2D eigenvalue weighted by molar-refractivity contribution is 0.0406. The maximum absolute atomic E-state index is 13.3. The highest BCUT2D eigenvalue weighted by atomic mass is 32.2. The molecule has 1 fully saturated rings. The number of sulfonamides is 1. The van der Waals surface area contributed by atoms with E-state index in [1.807, 2.05) is 6.92 Å². The fourth-order valence-electron chi connectivity index (χ4n) is 3.89. The minimum absolute atomic E-state index is 0.0870. The Balaban J connectivity index is 1.90. The molecule has 34 heavy (non-hydrogen) atoms. The summed E-state index contributed by atoms with van der Waals surface area (Å²) in [4.78, 5) is 8.48. The van der Waals surface area contributed by atoms with Crippen molar-refractivity contribution in [1.29, 1.82) is 0 Å². The maximum atomic E-state index is 13.3. The molecule has 2 aromatic heterocycles. The molecule has 0 amide bonds. The Morgan fingerprint density at radius 3 is 2.29 bits per heavy atom. The van der Waals surface area contributed by atoms with E-state index < -0.39 is 21.2 Å². The highest BCUT2D eigenvalue weighted by molar-refractivity contribution is 7.93. The number of nitrogens with one attached hydrogen (secondary N) is 1. The fourth-order valence-corrected chi connectivity index (χ4v) is 5.13. The first-order valence-corrected chi connectivity index (χ1v) is 12.7. The number of ether oxygens (including phenoxy) is 4. The average Bonchev–Trinajstić information content (AvgIpc) is 3.43. The van der Waals surface area contributed by atoms with Crippen LogP contribution in [0.15, 0.2) is 12.4 Å². The van der Waals surface area contributed by atoms with Gasteiger partial charge in [-0.3, -0.25) is 9.29 Å². The van der Waals surface area contributed by atoms with Crippen molar-refractivity contribution in [2.75, 3.05) is 39.3 Å². The topological polar surface area (TPSA) is 140 Å². The molecule has 2 unspecified atom stereocenters. The van der Waals surface area contributed by atoms with E-state index in [9.17, 15) is 8.42 Å². The van der Waals surface area contributed by atoms with Crippen LogP contribution in [0.4, 0.5) is 5.95 Å². The second-order valence-electron chi connectivity index (χ2n) is 8.45. The largest absolute Gasteiger partial charge is 0.494 e. The van der Waals surface area contributed by atoms with Crippen LogP contribution in [0.2, 0.25) is 0 Å². The summed E-state index contributed by atoms with van der Waals surface area (Å²) in [5, 5.41) is 7.61. The molecule has 12 nitrogen and oxygen atoms in total. The van der Waals surface area contributed by atoms with Gasteiger partial charge in [0.1, 0.15) is 11.9 Å². The minimum Gasteiger partial charge on any atom is -0.494 e. The molecule has 2 aromatic rings. The summed E-state index contributed by atoms with van der Waals surface area (Å²) in [6.45, 7) is 5.92. The van der Waals surface area contributed by atoms with E-state index in [0.717, 1.165) is 12.8 Å². The Morgan fingerprint density at radius 1 is 1.12 bits per heavy atom. The Hall–Kier alpha value is -2.35. The lowest BCUT2D eigenvalue weighted by Gasteiger charge is -2.24. The number of hydrogen-bond donors (Lipinski definition) is 1. The molecular weight excluding hydrogens is 464 g/mol. The quantitative estimate of drug-likeness (QED) is 0.462. The van der Waals surface area contributed by atoms with Crippen molar-refractivity contribution in [2.45, 2.75) is 63.0 Å². The molecule has 4 atom stereocenters. The summed E-state index contributed by atoms with van der Waals surface area (Å²) in [6, 6.07) is -0.352. The van der Waals surface area contributed by atoms with Crippen LogP contribution < -0.4 is 9.46 Å². The summed E-state index contributed by atoms with van der Waals surface area (Å²) < 4.78 is 52.8. The predicted molar refractivity (Wildman–Crippen MR) is 124 cm³/mol. The first-order chi connectivity index (χ1) is 16.2. The zero-order chi connectivity index (χ0) is 24.9. The minimum atomic E-state index is -3.89. The molecule has 0 aromatic carbocycles. The van der Waals surface area contributed by atoms with E-state index in [4.69, 9.17) is 18.9 Å². The van der Waals surface area contributed by atoms with Gasteiger partial charge in [-0.2, -0.15) is 0 Å². The summed E-state index contributed by atoms with van der Waals surface area (Å²) in [7, 11) is 0.770. The van der Waals surface area contributed by atoms with Crippen molar-refractivity contribution in [3.8, 4) is 5.75 Å². The van der Waals surface area contributed by atoms with E-state index in [0.29, 0.717) is 17.4 Å². The van der Waals surface area contributed by atoms with Gasteiger partial charge in [-0.1, -0.05) is 6.92 Å². The van der Waals surface area contributed by atoms with Gasteiger partial charge in [0, 0.05) is 20.1 Å². The van der Waals surface area contributed by atoms with Crippen molar-refractivity contribution >= 4 is 16.0 Å². The van der Waals surface area contributed by atoms with Crippen LogP contribution in [-0.2, 0) is 24.2 Å². The monoisotopic (exact) mass is 498 g/mol. The maximum Gasteiger partial charge on any atom is 0.238 e. The molecule has 1 saturated heterocycles. The number of hydrogen-bond acceptors (Lipinski definition) is 10. The predicted octanol–water partition coefficient (Wildman–Crippen LogP) is 2.08. The van der Waals surface area contributed by atoms with Gasteiger partial charge >= 0.3 is 0 Å². The number of rotatable bonds is 12. The van der Waals surface area contributed by atoms with Crippen molar-refractivity contribution in [3.05, 3.63) is 24.0 Å². The van der Waals surface area contributed by atoms with Crippen LogP contribution in [0.1, 0.15) is 63.3 Å². The molecule has 13 heteroatoms. The molecule has 0 radical (unpaired) electrons. The van der Waals surface area contributed by atoms with Crippen LogP contribution >= 0.6 is 0 Å². The molecule has 3 rings (SSSR count). The third-order valence-electron chi connectivity index (χ3n) is 6.04. The molecule has 0 saturated carbocycles. The van der Waals surface area contributed by atoms with Gasteiger partial charge in [0.25, 0.3) is 0 Å². The van der Waals surface area contributed by atoms with Crippen LogP contribution in [0, 0.1) is 0 Å². The molecule has 0 spiro atoms. The van der Waals surface area contributed by atoms with E-state index in [1.54, 1.807) is 32.6 Å². The Kier molecular flexibility index (Phi) is 8.79. The fraction of sp³-hybridized carbons (Fsp3) is 0.714. The molecular formula is C21H34N6O6S. The van der Waals surface area contributed by atoms with E-state index in [1.165, 1.54) is 19.5 Å². The zero-order valence-electron chi connectivity index (χ0n) is 20.5. The van der Waals surface area contributed by atoms with Crippen LogP contribution in [0.25, 0.3) is 0 Å². The smallest absolute Gasteiger partial charge is 0.238 e. The first-order valence-electron chi connectivity index (χ1n) is 11.2. The second kappa shape index (κ2) is 11.4. The highest BCUT2D eigenvalue weighted by Crippen LogP contribution is 2.34. The molecule has 190 valence electrons.